The number of hydrogen-bond acceptors (Lipinski definition) is 13. The second-order valence-corrected chi connectivity index (χ2v) is 18.7. The maximum atomic E-state index is 14.5. The van der Waals surface area contributed by atoms with Crippen molar-refractivity contribution in [2.75, 3.05) is 6.54 Å². The molecule has 2 aromatic rings. The average Bonchev–Trinajstić information content (AvgIpc) is 3.35. The third-order valence-electron chi connectivity index (χ3n) is 12.6. The molecular weight excluding hydrogens is 963 g/mol. The molecule has 74 heavy (non-hydrogen) atoms. The molecule has 0 aliphatic rings. The van der Waals surface area contributed by atoms with Crippen LogP contribution in [-0.4, -0.2) is 136 Å². The largest absolute Gasteiger partial charge is 0.481 e. The monoisotopic (exact) mass is 1040 g/mol. The Bertz CT molecular complexity index is 2300. The lowest BCUT2D eigenvalue weighted by Crippen LogP contribution is -2.61. The number of fused-ring (bicyclic) bond motifs is 1. The maximum Gasteiger partial charge on any atom is 0.303 e. The molecule has 0 aromatic heterocycles. The first kappa shape index (κ1) is 62.9. The zero-order valence-corrected chi connectivity index (χ0v) is 43.3. The first-order valence-electron chi connectivity index (χ1n) is 24.9. The van der Waals surface area contributed by atoms with Gasteiger partial charge in [-0.2, -0.15) is 0 Å². The molecule has 24 heteroatoms. The van der Waals surface area contributed by atoms with Crippen molar-refractivity contribution in [3.8, 4) is 0 Å². The number of carboxylic acids is 2. The molecule has 0 bridgehead atoms. The fourth-order valence-electron chi connectivity index (χ4n) is 7.44. The van der Waals surface area contributed by atoms with Crippen LogP contribution in [-0.2, 0) is 59.2 Å². The Hall–Kier alpha value is -7.21. The van der Waals surface area contributed by atoms with Crippen molar-refractivity contribution in [2.45, 2.75) is 167 Å². The minimum absolute atomic E-state index is 0.0147. The lowest BCUT2D eigenvalue weighted by Gasteiger charge is -2.29. The highest BCUT2D eigenvalue weighted by atomic mass is 16.4. The highest BCUT2D eigenvalue weighted by Crippen LogP contribution is 2.18. The number of amides is 9. The third kappa shape index (κ3) is 21.1. The van der Waals surface area contributed by atoms with Crippen LogP contribution >= 0.6 is 0 Å². The van der Waals surface area contributed by atoms with Crippen LogP contribution in [0.3, 0.4) is 0 Å². The van der Waals surface area contributed by atoms with Crippen molar-refractivity contribution in [1.29, 1.82) is 0 Å². The summed E-state index contributed by atoms with van der Waals surface area (Å²) in [5.41, 5.74) is 17.3. The summed E-state index contributed by atoms with van der Waals surface area (Å²) in [5.74, 6) is -11.2. The van der Waals surface area contributed by atoms with Crippen LogP contribution in [0.1, 0.15) is 112 Å². The van der Waals surface area contributed by atoms with Gasteiger partial charge in [-0.25, -0.2) is 0 Å². The fraction of sp³-hybridized carbons (Fsp3) is 0.580. The van der Waals surface area contributed by atoms with Crippen molar-refractivity contribution in [3.63, 3.8) is 0 Å². The SMILES string of the molecule is CC[C@H](C)[C@H](NC(=O)[C@H](C)N)C(=O)N[C@@H](C)C(=O)N[C@@H](CCCCN)C(=O)N[C@@H](CCC(=O)O)C(=O)N[C@@H](Cc1ccc2ccccc2c1)C(=O)N[C@@H](CCC(=O)O)C(=O)N[C@H](C(=O)N[C@@H](C)C(N)=O)[C@@H](C)CC. The molecule has 0 saturated heterocycles. The van der Waals surface area contributed by atoms with Gasteiger partial charge in [0.25, 0.3) is 0 Å². The molecule has 0 aliphatic heterocycles. The second kappa shape index (κ2) is 31.4. The lowest BCUT2D eigenvalue weighted by atomic mass is 9.97. The maximum absolute atomic E-state index is 14.5. The van der Waals surface area contributed by atoms with Gasteiger partial charge in [0.15, 0.2) is 0 Å². The van der Waals surface area contributed by atoms with Gasteiger partial charge in [-0.3, -0.25) is 52.7 Å². The van der Waals surface area contributed by atoms with Crippen LogP contribution in [0.2, 0.25) is 0 Å². The van der Waals surface area contributed by atoms with Gasteiger partial charge in [-0.05, 0) is 87.6 Å². The highest BCUT2D eigenvalue weighted by Gasteiger charge is 2.36. The molecule has 2 rings (SSSR count). The summed E-state index contributed by atoms with van der Waals surface area (Å²) < 4.78 is 0. The fourth-order valence-corrected chi connectivity index (χ4v) is 7.44. The van der Waals surface area contributed by atoms with Crippen LogP contribution in [0.5, 0.6) is 0 Å². The second-order valence-electron chi connectivity index (χ2n) is 18.7. The Morgan fingerprint density at radius 1 is 0.500 bits per heavy atom. The van der Waals surface area contributed by atoms with Gasteiger partial charge in [0.05, 0.1) is 6.04 Å². The molecule has 0 fully saturated rings. The third-order valence-corrected chi connectivity index (χ3v) is 12.6. The number of hydrogen-bond donors (Lipinski definition) is 13. The minimum atomic E-state index is -1.65. The van der Waals surface area contributed by atoms with Crippen LogP contribution in [0, 0.1) is 11.8 Å². The standard InChI is InChI=1S/C50H77N11O13/c1-8-26(3)40(60-43(67)28(5)52)50(74)55-30(7)44(68)56-34(16-12-13-23-51)45(69)57-35(19-21-38(62)63)46(70)59-37(25-31-17-18-32-14-10-11-15-33(32)24-31)48(72)58-36(20-22-39(64)65)47(71)61-41(27(4)9-2)49(73)54-29(6)42(53)66/h10-11,14-15,17-18,24,26-30,34-37,40-41H,8-9,12-13,16,19-23,25,51-52H2,1-7H3,(H2,53,66)(H,54,73)(H,55,74)(H,56,68)(H,57,69)(H,58,72)(H,59,70)(H,60,67)(H,61,71)(H,62,63)(H,64,65)/t26-,27-,28-,29-,30-,34-,35-,36-,37-,40-,41-/m0/s1. The predicted molar refractivity (Wildman–Crippen MR) is 273 cm³/mol. The molecule has 2 aromatic carbocycles. The summed E-state index contributed by atoms with van der Waals surface area (Å²) in [7, 11) is 0. The van der Waals surface area contributed by atoms with E-state index in [9.17, 15) is 63.0 Å². The van der Waals surface area contributed by atoms with Crippen LogP contribution < -0.4 is 59.7 Å². The molecule has 0 spiro atoms. The number of nitrogens with one attached hydrogen (secondary N) is 8. The van der Waals surface area contributed by atoms with Crippen molar-refractivity contribution >= 4 is 75.9 Å². The van der Waals surface area contributed by atoms with Crippen molar-refractivity contribution in [3.05, 3.63) is 48.0 Å². The number of nitrogens with two attached hydrogens (primary N) is 3. The first-order valence-corrected chi connectivity index (χ1v) is 24.9. The van der Waals surface area contributed by atoms with E-state index in [2.05, 4.69) is 42.5 Å². The van der Waals surface area contributed by atoms with Crippen molar-refractivity contribution in [1.82, 2.24) is 42.5 Å². The van der Waals surface area contributed by atoms with Gasteiger partial charge in [-0.1, -0.05) is 83.0 Å². The minimum Gasteiger partial charge on any atom is -0.481 e. The Kier molecular flexibility index (Phi) is 26.7. The summed E-state index contributed by atoms with van der Waals surface area (Å²) in [6.07, 6.45) is -0.938. The summed E-state index contributed by atoms with van der Waals surface area (Å²) in [6, 6.07) is 0.706. The molecular formula is C50H77N11O13. The quantitative estimate of drug-likeness (QED) is 0.0385. The highest BCUT2D eigenvalue weighted by molar-refractivity contribution is 5.98. The van der Waals surface area contributed by atoms with Gasteiger partial charge in [0.2, 0.25) is 53.2 Å². The molecule has 410 valence electrons. The Morgan fingerprint density at radius 2 is 0.932 bits per heavy atom. The topological polar surface area (TPSA) is 403 Å². The number of carbonyl (C=O) groups excluding carboxylic acids is 9. The number of aliphatic carboxylic acids is 2. The molecule has 0 radical (unpaired) electrons. The zero-order chi connectivity index (χ0) is 55.8. The Labute approximate surface area is 430 Å². The van der Waals surface area contributed by atoms with Gasteiger partial charge < -0.3 is 69.9 Å². The number of carboxylic acid groups (broad SMARTS) is 2. The molecule has 9 amide bonds. The van der Waals surface area contributed by atoms with E-state index in [-0.39, 0.29) is 25.3 Å². The number of carbonyl (C=O) groups is 11. The first-order chi connectivity index (χ1) is 34.8. The normalized spacial score (nSPS) is 15.6. The average molecular weight is 1040 g/mol. The van der Waals surface area contributed by atoms with Crippen LogP contribution in [0.4, 0.5) is 0 Å². The molecule has 0 aliphatic carbocycles. The van der Waals surface area contributed by atoms with Gasteiger partial charge in [0.1, 0.15) is 48.3 Å². The molecule has 0 saturated carbocycles. The van der Waals surface area contributed by atoms with E-state index in [0.29, 0.717) is 31.2 Å². The predicted octanol–water partition coefficient (Wildman–Crippen LogP) is -0.916. The smallest absolute Gasteiger partial charge is 0.303 e. The van der Waals surface area contributed by atoms with Crippen molar-refractivity contribution < 1.29 is 63.0 Å². The number of unbranched alkanes of at least 4 members (excludes halogenated alkanes) is 1. The molecule has 16 N–H and O–H groups in total. The van der Waals surface area contributed by atoms with E-state index in [0.717, 1.165) is 10.8 Å². The summed E-state index contributed by atoms with van der Waals surface area (Å²) in [4.78, 5) is 145. The van der Waals surface area contributed by atoms with E-state index in [1.165, 1.54) is 20.8 Å². The van der Waals surface area contributed by atoms with E-state index in [1.54, 1.807) is 45.0 Å². The van der Waals surface area contributed by atoms with Crippen LogP contribution in [0.15, 0.2) is 42.5 Å². The molecule has 11 atom stereocenters. The lowest BCUT2D eigenvalue weighted by molar-refractivity contribution is -0.139. The molecule has 0 heterocycles. The Balaban J connectivity index is 2.56. The van der Waals surface area contributed by atoms with Crippen LogP contribution in [0.25, 0.3) is 10.8 Å². The zero-order valence-electron chi connectivity index (χ0n) is 43.3. The summed E-state index contributed by atoms with van der Waals surface area (Å²) in [6.45, 7) is 11.3. The van der Waals surface area contributed by atoms with E-state index < -0.39 is 151 Å². The Morgan fingerprint density at radius 3 is 1.41 bits per heavy atom. The number of primary amides is 1. The van der Waals surface area contributed by atoms with E-state index in [4.69, 9.17) is 17.2 Å². The van der Waals surface area contributed by atoms with E-state index in [1.807, 2.05) is 25.1 Å². The van der Waals surface area contributed by atoms with E-state index >= 15 is 0 Å². The summed E-state index contributed by atoms with van der Waals surface area (Å²) >= 11 is 0. The molecule has 24 nitrogen and oxygen atoms in total. The summed E-state index contributed by atoms with van der Waals surface area (Å²) in [5, 5.41) is 41.2. The molecule has 0 unspecified atom stereocenters. The van der Waals surface area contributed by atoms with Gasteiger partial charge in [0, 0.05) is 19.3 Å². The number of benzene rings is 2. The van der Waals surface area contributed by atoms with Gasteiger partial charge in [-0.15, -0.1) is 0 Å². The number of rotatable bonds is 33. The van der Waals surface area contributed by atoms with Crippen molar-refractivity contribution in [2.24, 2.45) is 29.0 Å². The van der Waals surface area contributed by atoms with Gasteiger partial charge >= 0.3 is 11.9 Å².